The van der Waals surface area contributed by atoms with Crippen LogP contribution in [0, 0.1) is 17.5 Å². The highest BCUT2D eigenvalue weighted by atomic mass is 19.1. The molecule has 0 bridgehead atoms. The molecule has 0 atom stereocenters. The Hall–Kier alpha value is -3.89. The number of aromatic nitrogens is 2. The number of carbonyl (C=O) groups excluding carboxylic acids is 2. The van der Waals surface area contributed by atoms with Crippen molar-refractivity contribution in [3.63, 3.8) is 0 Å². The topological polar surface area (TPSA) is 99.5 Å². The fourth-order valence-corrected chi connectivity index (χ4v) is 3.82. The van der Waals surface area contributed by atoms with Crippen LogP contribution in [0.2, 0.25) is 0 Å². The molecule has 1 aromatic carbocycles. The zero-order valence-corrected chi connectivity index (χ0v) is 20.1. The molecule has 11 heteroatoms. The molecule has 8 nitrogen and oxygen atoms in total. The van der Waals surface area contributed by atoms with E-state index in [0.29, 0.717) is 18.9 Å². The van der Waals surface area contributed by atoms with Crippen molar-refractivity contribution < 1.29 is 32.2 Å². The number of ether oxygens (including phenoxy) is 2. The fraction of sp³-hybridized carbons (Fsp3) is 0.360. The average Bonchev–Trinajstić information content (AvgIpc) is 3.53. The molecule has 1 aliphatic carbocycles. The number of amides is 1. The lowest BCUT2D eigenvalue weighted by molar-refractivity contribution is 0.0489. The Morgan fingerprint density at radius 2 is 1.83 bits per heavy atom. The first kappa shape index (κ1) is 25.2. The molecule has 1 N–H and O–H groups in total. The molecule has 3 aromatic rings. The monoisotopic (exact) mass is 503 g/mol. The standard InChI is InChI=1S/C25H24F3N3O5/c1-5-35-22(33)15-12-31(18-7-6-13(26)10-16(18)27)21-14(19(15)32)11-17(28)20(29-21)25(8-9-25)30-23(34)36-24(2,3)4/h6-7,10-12H,5,8-9H2,1-4H3,(H,30,34). The van der Waals surface area contributed by atoms with Crippen LogP contribution in [-0.2, 0) is 15.0 Å². The molecule has 0 spiro atoms. The second-order valence-corrected chi connectivity index (χ2v) is 9.46. The molecule has 36 heavy (non-hydrogen) atoms. The number of alkyl carbamates (subject to hydrolysis) is 1. The molecular formula is C25H24F3N3O5. The number of benzene rings is 1. The van der Waals surface area contributed by atoms with Crippen molar-refractivity contribution >= 4 is 23.1 Å². The van der Waals surface area contributed by atoms with Crippen molar-refractivity contribution in [2.45, 2.75) is 51.7 Å². The van der Waals surface area contributed by atoms with Gasteiger partial charge in [0.05, 0.1) is 23.2 Å². The first-order valence-electron chi connectivity index (χ1n) is 11.3. The maximum absolute atomic E-state index is 15.3. The van der Waals surface area contributed by atoms with E-state index in [1.165, 1.54) is 6.92 Å². The minimum absolute atomic E-state index is 0.0361. The van der Waals surface area contributed by atoms with Crippen molar-refractivity contribution in [1.82, 2.24) is 14.9 Å². The molecule has 2 heterocycles. The number of fused-ring (bicyclic) bond motifs is 1. The third-order valence-corrected chi connectivity index (χ3v) is 5.54. The fourth-order valence-electron chi connectivity index (χ4n) is 3.82. The highest BCUT2D eigenvalue weighted by Gasteiger charge is 2.50. The normalized spacial score (nSPS) is 14.4. The van der Waals surface area contributed by atoms with Gasteiger partial charge in [0.25, 0.3) is 0 Å². The van der Waals surface area contributed by atoms with Crippen molar-refractivity contribution in [3.8, 4) is 5.69 Å². The van der Waals surface area contributed by atoms with Gasteiger partial charge in [0.2, 0.25) is 5.43 Å². The van der Waals surface area contributed by atoms with Gasteiger partial charge in [-0.2, -0.15) is 0 Å². The number of hydrogen-bond acceptors (Lipinski definition) is 6. The molecule has 1 saturated carbocycles. The largest absolute Gasteiger partial charge is 0.462 e. The zero-order chi connectivity index (χ0) is 26.4. The van der Waals surface area contributed by atoms with E-state index in [2.05, 4.69) is 10.3 Å². The third kappa shape index (κ3) is 4.77. The van der Waals surface area contributed by atoms with Gasteiger partial charge >= 0.3 is 12.1 Å². The minimum atomic E-state index is -1.19. The molecule has 1 amide bonds. The number of esters is 1. The molecule has 4 rings (SSSR count). The van der Waals surface area contributed by atoms with Crippen LogP contribution in [0.3, 0.4) is 0 Å². The highest BCUT2D eigenvalue weighted by molar-refractivity contribution is 5.93. The molecule has 0 saturated heterocycles. The number of halogens is 3. The van der Waals surface area contributed by atoms with E-state index < -0.39 is 51.6 Å². The van der Waals surface area contributed by atoms with Crippen LogP contribution >= 0.6 is 0 Å². The molecule has 0 aliphatic heterocycles. The van der Waals surface area contributed by atoms with Gasteiger partial charge in [-0.3, -0.25) is 9.36 Å². The molecule has 1 fully saturated rings. The van der Waals surface area contributed by atoms with E-state index in [0.717, 1.165) is 29.0 Å². The molecule has 190 valence electrons. The maximum atomic E-state index is 15.3. The Morgan fingerprint density at radius 3 is 2.42 bits per heavy atom. The van der Waals surface area contributed by atoms with E-state index in [4.69, 9.17) is 9.47 Å². The van der Waals surface area contributed by atoms with E-state index in [9.17, 15) is 23.2 Å². The van der Waals surface area contributed by atoms with Gasteiger partial charge in [-0.25, -0.2) is 27.7 Å². The quantitative estimate of drug-likeness (QED) is 0.515. The Balaban J connectivity index is 1.93. The lowest BCUT2D eigenvalue weighted by Crippen LogP contribution is -2.40. The van der Waals surface area contributed by atoms with Crippen molar-refractivity contribution in [1.29, 1.82) is 0 Å². The number of nitrogens with one attached hydrogen (secondary N) is 1. The Morgan fingerprint density at radius 1 is 1.14 bits per heavy atom. The van der Waals surface area contributed by atoms with Gasteiger partial charge < -0.3 is 14.8 Å². The van der Waals surface area contributed by atoms with Crippen molar-refractivity contribution in [2.24, 2.45) is 0 Å². The van der Waals surface area contributed by atoms with Crippen LogP contribution < -0.4 is 10.7 Å². The van der Waals surface area contributed by atoms with Gasteiger partial charge in [0.1, 0.15) is 40.0 Å². The number of pyridine rings is 2. The molecule has 1 aliphatic rings. The molecule has 0 radical (unpaired) electrons. The van der Waals surface area contributed by atoms with Crippen LogP contribution in [0.15, 0.2) is 35.3 Å². The Kier molecular flexibility index (Phi) is 6.27. The summed E-state index contributed by atoms with van der Waals surface area (Å²) in [6, 6.07) is 3.60. The van der Waals surface area contributed by atoms with Gasteiger partial charge in [0.15, 0.2) is 0 Å². The summed E-state index contributed by atoms with van der Waals surface area (Å²) in [5, 5.41) is 2.32. The summed E-state index contributed by atoms with van der Waals surface area (Å²) >= 11 is 0. The summed E-state index contributed by atoms with van der Waals surface area (Å²) in [7, 11) is 0. The second kappa shape index (κ2) is 8.96. The van der Waals surface area contributed by atoms with E-state index >= 15 is 4.39 Å². The first-order chi connectivity index (χ1) is 16.8. The summed E-state index contributed by atoms with van der Waals surface area (Å²) in [5.74, 6) is -3.74. The SMILES string of the molecule is CCOC(=O)c1cn(-c2ccc(F)cc2F)c2nc(C3(NC(=O)OC(C)(C)C)CC3)c(F)cc2c1=O. The van der Waals surface area contributed by atoms with Gasteiger partial charge in [-0.05, 0) is 58.7 Å². The van der Waals surface area contributed by atoms with E-state index in [-0.39, 0.29) is 29.0 Å². The number of nitrogens with zero attached hydrogens (tertiary/aromatic N) is 2. The highest BCUT2D eigenvalue weighted by Crippen LogP contribution is 2.46. The maximum Gasteiger partial charge on any atom is 0.408 e. The van der Waals surface area contributed by atoms with E-state index in [1.54, 1.807) is 20.8 Å². The predicted molar refractivity (Wildman–Crippen MR) is 123 cm³/mol. The smallest absolute Gasteiger partial charge is 0.408 e. The number of carbonyl (C=O) groups is 2. The summed E-state index contributed by atoms with van der Waals surface area (Å²) in [6.45, 7) is 6.54. The Bertz CT molecular complexity index is 1440. The van der Waals surface area contributed by atoms with Crippen molar-refractivity contribution in [3.05, 3.63) is 69.4 Å². The Labute approximate surface area is 204 Å². The minimum Gasteiger partial charge on any atom is -0.462 e. The van der Waals surface area contributed by atoms with Crippen LogP contribution in [0.25, 0.3) is 16.7 Å². The average molecular weight is 503 g/mol. The lowest BCUT2D eigenvalue weighted by atomic mass is 10.1. The van der Waals surface area contributed by atoms with Crippen LogP contribution in [0.5, 0.6) is 0 Å². The number of hydrogen-bond donors (Lipinski definition) is 1. The van der Waals surface area contributed by atoms with Gasteiger partial charge in [-0.1, -0.05) is 0 Å². The summed E-state index contributed by atoms with van der Waals surface area (Å²) < 4.78 is 54.9. The zero-order valence-electron chi connectivity index (χ0n) is 20.1. The van der Waals surface area contributed by atoms with E-state index in [1.807, 2.05) is 0 Å². The van der Waals surface area contributed by atoms with Gasteiger partial charge in [-0.15, -0.1) is 0 Å². The molecular weight excluding hydrogens is 479 g/mol. The third-order valence-electron chi connectivity index (χ3n) is 5.54. The predicted octanol–water partition coefficient (Wildman–Crippen LogP) is 4.49. The van der Waals surface area contributed by atoms with Crippen LogP contribution in [0.1, 0.15) is 56.6 Å². The van der Waals surface area contributed by atoms with Crippen LogP contribution in [0.4, 0.5) is 18.0 Å². The molecule has 0 unspecified atom stereocenters. The number of rotatable bonds is 5. The van der Waals surface area contributed by atoms with Crippen molar-refractivity contribution in [2.75, 3.05) is 6.61 Å². The summed E-state index contributed by atoms with van der Waals surface area (Å²) in [4.78, 5) is 42.2. The summed E-state index contributed by atoms with van der Waals surface area (Å²) in [6.07, 6.45) is 0.935. The van der Waals surface area contributed by atoms with Gasteiger partial charge in [0, 0.05) is 12.3 Å². The second-order valence-electron chi connectivity index (χ2n) is 9.46. The van der Waals surface area contributed by atoms with Crippen LogP contribution in [-0.4, -0.2) is 33.8 Å². The first-order valence-corrected chi connectivity index (χ1v) is 11.3. The molecule has 2 aromatic heterocycles. The summed E-state index contributed by atoms with van der Waals surface area (Å²) in [5.41, 5.74) is -3.93. The lowest BCUT2D eigenvalue weighted by Gasteiger charge is -2.24.